The van der Waals surface area contributed by atoms with E-state index >= 15 is 0 Å². The fourth-order valence-corrected chi connectivity index (χ4v) is 8.55. The van der Waals surface area contributed by atoms with Crippen LogP contribution in [-0.4, -0.2) is 14.8 Å². The number of benzene rings is 9. The van der Waals surface area contributed by atoms with E-state index in [2.05, 4.69) is 162 Å². The third-order valence-corrected chi connectivity index (χ3v) is 11.2. The minimum atomic E-state index is 0.382. The van der Waals surface area contributed by atoms with Crippen molar-refractivity contribution in [2.24, 2.45) is 5.73 Å². The Kier molecular flexibility index (Phi) is 8.65. The first-order valence-electron chi connectivity index (χ1n) is 19.6. The number of nitrogens with zero attached hydrogens (tertiary/aromatic N) is 2. The second-order valence-electron chi connectivity index (χ2n) is 14.8. The highest BCUT2D eigenvalue weighted by atomic mass is 15.0. The first-order valence-corrected chi connectivity index (χ1v) is 19.6. The Hall–Kier alpha value is -7.69. The molecule has 9 aromatic carbocycles. The lowest BCUT2D eigenvalue weighted by molar-refractivity contribution is 1.18. The lowest BCUT2D eigenvalue weighted by atomic mass is 9.97. The molecule has 4 nitrogen and oxygen atoms in total. The standard InChI is InChI=1S/C47H32N4.C7H8/c48-41(30-12-3-1-4-13-30)29-42(49)32-14-11-17-34(28-32)51-44-21-10-7-18-35(44)38-27-26-37-40(46(38)51)25-23-31-22-24-39-36-19-8-9-20-43(36)50(47(39)45(31)37)33-15-5-2-6-16-33;1-7-5-3-2-4-6-7/h1-29,48H,49H2;2-6H,1H3/b42-29-,48-41?;. The van der Waals surface area contributed by atoms with Gasteiger partial charge in [-0.1, -0.05) is 169 Å². The largest absolute Gasteiger partial charge is 0.398 e. The maximum absolute atomic E-state index is 8.67. The molecule has 0 aliphatic carbocycles. The van der Waals surface area contributed by atoms with Crippen molar-refractivity contribution in [3.63, 3.8) is 0 Å². The Morgan fingerprint density at radius 2 is 0.931 bits per heavy atom. The van der Waals surface area contributed by atoms with E-state index in [0.717, 1.165) is 33.5 Å². The lowest BCUT2D eigenvalue weighted by Crippen LogP contribution is -2.03. The van der Waals surface area contributed by atoms with Crippen LogP contribution in [0.25, 0.3) is 82.2 Å². The summed E-state index contributed by atoms with van der Waals surface area (Å²) < 4.78 is 4.81. The Labute approximate surface area is 336 Å². The van der Waals surface area contributed by atoms with E-state index in [1.807, 2.05) is 54.6 Å². The summed E-state index contributed by atoms with van der Waals surface area (Å²) in [6.07, 6.45) is 1.75. The van der Waals surface area contributed by atoms with Crippen LogP contribution in [0.5, 0.6) is 0 Å². The maximum atomic E-state index is 8.67. The van der Waals surface area contributed by atoms with Crippen LogP contribution in [-0.2, 0) is 0 Å². The number of para-hydroxylation sites is 3. The topological polar surface area (TPSA) is 59.7 Å². The van der Waals surface area contributed by atoms with Crippen LogP contribution in [0.1, 0.15) is 16.7 Å². The molecule has 0 unspecified atom stereocenters. The fourth-order valence-electron chi connectivity index (χ4n) is 8.55. The number of hydrogen-bond acceptors (Lipinski definition) is 2. The van der Waals surface area contributed by atoms with Crippen LogP contribution in [0.2, 0.25) is 0 Å². The zero-order chi connectivity index (χ0) is 39.2. The van der Waals surface area contributed by atoms with Gasteiger partial charge in [0.25, 0.3) is 0 Å². The second-order valence-corrected chi connectivity index (χ2v) is 14.8. The van der Waals surface area contributed by atoms with Crippen molar-refractivity contribution in [3.05, 3.63) is 223 Å². The van der Waals surface area contributed by atoms with Gasteiger partial charge in [0.2, 0.25) is 0 Å². The van der Waals surface area contributed by atoms with E-state index in [4.69, 9.17) is 11.1 Å². The van der Waals surface area contributed by atoms with Gasteiger partial charge in [-0.05, 0) is 71.3 Å². The molecule has 0 saturated carbocycles. The average molecular weight is 745 g/mol. The molecule has 0 radical (unpaired) electrons. The Bertz CT molecular complexity index is 3350. The average Bonchev–Trinajstić information content (AvgIpc) is 3.81. The van der Waals surface area contributed by atoms with Gasteiger partial charge in [0.1, 0.15) is 0 Å². The lowest BCUT2D eigenvalue weighted by Gasteiger charge is -2.14. The number of rotatable bonds is 5. The first-order chi connectivity index (χ1) is 28.5. The molecule has 0 amide bonds. The zero-order valence-corrected chi connectivity index (χ0v) is 32.1. The predicted octanol–water partition coefficient (Wildman–Crippen LogP) is 13.5. The Balaban J connectivity index is 0.000000530. The summed E-state index contributed by atoms with van der Waals surface area (Å²) in [6.45, 7) is 2.08. The van der Waals surface area contributed by atoms with Crippen LogP contribution in [0.3, 0.4) is 0 Å². The molecule has 2 heterocycles. The summed E-state index contributed by atoms with van der Waals surface area (Å²) in [7, 11) is 0. The van der Waals surface area contributed by atoms with Gasteiger partial charge in [-0.2, -0.15) is 0 Å². The minimum absolute atomic E-state index is 0.382. The summed E-state index contributed by atoms with van der Waals surface area (Å²) in [4.78, 5) is 0. The number of nitrogens with one attached hydrogen (secondary N) is 1. The summed E-state index contributed by atoms with van der Waals surface area (Å²) in [6, 6.07) is 70.1. The van der Waals surface area contributed by atoms with Crippen molar-refractivity contribution in [2.45, 2.75) is 6.92 Å². The number of nitrogens with two attached hydrogens (primary N) is 1. The summed E-state index contributed by atoms with van der Waals surface area (Å²) in [5.74, 6) is 0. The SMILES string of the molecule is Cc1ccccc1.N=C(/C=C(\N)c1cccc(-n2c3ccccc3c3ccc4c(ccc5ccc6c7ccccc7n(-c7ccccc7)c6c54)c32)c1)c1ccccc1. The van der Waals surface area contributed by atoms with Crippen molar-refractivity contribution >= 4 is 76.6 Å². The summed E-state index contributed by atoms with van der Waals surface area (Å²) >= 11 is 0. The molecular weight excluding hydrogens is 705 g/mol. The molecule has 0 aliphatic rings. The normalized spacial score (nSPS) is 11.8. The first kappa shape index (κ1) is 34.8. The van der Waals surface area contributed by atoms with Crippen LogP contribution in [0.4, 0.5) is 0 Å². The molecule has 0 fully saturated rings. The molecule has 0 saturated heterocycles. The predicted molar refractivity (Wildman–Crippen MR) is 247 cm³/mol. The highest BCUT2D eigenvalue weighted by Gasteiger charge is 2.20. The molecule has 4 heteroatoms. The molecule has 276 valence electrons. The molecule has 58 heavy (non-hydrogen) atoms. The van der Waals surface area contributed by atoms with Crippen molar-refractivity contribution in [2.75, 3.05) is 0 Å². The van der Waals surface area contributed by atoms with Gasteiger partial charge in [0.05, 0.1) is 27.8 Å². The molecule has 0 atom stereocenters. The summed E-state index contributed by atoms with van der Waals surface area (Å²) in [5.41, 5.74) is 17.5. The highest BCUT2D eigenvalue weighted by molar-refractivity contribution is 6.29. The Morgan fingerprint density at radius 3 is 1.57 bits per heavy atom. The van der Waals surface area contributed by atoms with Gasteiger partial charge in [-0.3, -0.25) is 0 Å². The smallest absolute Gasteiger partial charge is 0.0632 e. The third-order valence-electron chi connectivity index (χ3n) is 11.2. The van der Waals surface area contributed by atoms with E-state index in [-0.39, 0.29) is 0 Å². The molecule has 2 aromatic heterocycles. The van der Waals surface area contributed by atoms with Crippen molar-refractivity contribution in [1.82, 2.24) is 9.13 Å². The van der Waals surface area contributed by atoms with Crippen molar-refractivity contribution in [1.29, 1.82) is 5.41 Å². The van der Waals surface area contributed by atoms with E-state index in [9.17, 15) is 0 Å². The van der Waals surface area contributed by atoms with Crippen molar-refractivity contribution < 1.29 is 0 Å². The highest BCUT2D eigenvalue weighted by Crippen LogP contribution is 2.43. The molecule has 0 bridgehead atoms. The van der Waals surface area contributed by atoms with Crippen LogP contribution >= 0.6 is 0 Å². The zero-order valence-electron chi connectivity index (χ0n) is 32.1. The fraction of sp³-hybridized carbons (Fsp3) is 0.0185. The van der Waals surface area contributed by atoms with Gasteiger partial charge in [0.15, 0.2) is 0 Å². The molecule has 0 aliphatic heterocycles. The molecule has 0 spiro atoms. The van der Waals surface area contributed by atoms with Gasteiger partial charge in [-0.15, -0.1) is 0 Å². The quantitative estimate of drug-likeness (QED) is 0.134. The van der Waals surface area contributed by atoms with Crippen LogP contribution in [0, 0.1) is 12.3 Å². The van der Waals surface area contributed by atoms with E-state index in [0.29, 0.717) is 11.4 Å². The third kappa shape index (κ3) is 5.91. The number of hydrogen-bond donors (Lipinski definition) is 2. The van der Waals surface area contributed by atoms with E-state index in [1.165, 1.54) is 59.7 Å². The van der Waals surface area contributed by atoms with Gasteiger partial charge in [0, 0.05) is 49.4 Å². The number of fused-ring (bicyclic) bond motifs is 11. The second kappa shape index (κ2) is 14.4. The number of aromatic nitrogens is 2. The molecular formula is C54H40N4. The molecule has 3 N–H and O–H groups in total. The van der Waals surface area contributed by atoms with Crippen molar-refractivity contribution in [3.8, 4) is 11.4 Å². The monoisotopic (exact) mass is 744 g/mol. The number of allylic oxidation sites excluding steroid dienone is 1. The maximum Gasteiger partial charge on any atom is 0.0632 e. The van der Waals surface area contributed by atoms with Gasteiger partial charge >= 0.3 is 0 Å². The van der Waals surface area contributed by atoms with Gasteiger partial charge in [-0.25, -0.2) is 0 Å². The minimum Gasteiger partial charge on any atom is -0.398 e. The van der Waals surface area contributed by atoms with E-state index < -0.39 is 0 Å². The Morgan fingerprint density at radius 1 is 0.448 bits per heavy atom. The summed E-state index contributed by atoms with van der Waals surface area (Å²) in [5, 5.41) is 18.4. The number of aryl methyl sites for hydroxylation is 1. The van der Waals surface area contributed by atoms with Crippen LogP contribution in [0.15, 0.2) is 206 Å². The molecule has 11 rings (SSSR count). The molecule has 11 aromatic rings. The van der Waals surface area contributed by atoms with E-state index in [1.54, 1.807) is 6.08 Å². The van der Waals surface area contributed by atoms with Crippen LogP contribution < -0.4 is 5.73 Å². The van der Waals surface area contributed by atoms with Gasteiger partial charge < -0.3 is 20.3 Å².